The Morgan fingerprint density at radius 3 is 2.25 bits per heavy atom. The summed E-state index contributed by atoms with van der Waals surface area (Å²) in [5.41, 5.74) is 3.31. The lowest BCUT2D eigenvalue weighted by atomic mass is 10.1. The van der Waals surface area contributed by atoms with E-state index in [1.165, 1.54) is 6.07 Å². The van der Waals surface area contributed by atoms with Gasteiger partial charge in [-0.25, -0.2) is 8.42 Å². The number of halogens is 1. The quantitative estimate of drug-likeness (QED) is 0.704. The Bertz CT molecular complexity index is 970. The molecular weight excluding hydrogens is 342 g/mol. The zero-order valence-electron chi connectivity index (χ0n) is 13.0. The lowest BCUT2D eigenvalue weighted by molar-refractivity contribution is 0.601. The Hall–Kier alpha value is -2.30. The van der Waals surface area contributed by atoms with Crippen LogP contribution in [0.25, 0.3) is 11.1 Å². The normalized spacial score (nSPS) is 11.2. The first-order valence-electron chi connectivity index (χ1n) is 7.40. The minimum Gasteiger partial charge on any atom is -0.280 e. The largest absolute Gasteiger partial charge is 0.280 e. The van der Waals surface area contributed by atoms with Gasteiger partial charge in [0.2, 0.25) is 0 Å². The molecule has 0 fully saturated rings. The van der Waals surface area contributed by atoms with E-state index >= 15 is 0 Å². The minimum absolute atomic E-state index is 0.142. The van der Waals surface area contributed by atoms with Gasteiger partial charge < -0.3 is 0 Å². The van der Waals surface area contributed by atoms with Crippen LogP contribution in [0.4, 0.5) is 5.69 Å². The summed E-state index contributed by atoms with van der Waals surface area (Å²) in [5.74, 6) is 0. The summed E-state index contributed by atoms with van der Waals surface area (Å²) in [6.07, 6.45) is 0. The van der Waals surface area contributed by atoms with Gasteiger partial charge in [-0.15, -0.1) is 0 Å². The van der Waals surface area contributed by atoms with E-state index in [0.717, 1.165) is 16.7 Å². The van der Waals surface area contributed by atoms with Crippen LogP contribution in [0.15, 0.2) is 77.7 Å². The third kappa shape index (κ3) is 3.61. The fourth-order valence-electron chi connectivity index (χ4n) is 2.35. The SMILES string of the molecule is Cc1ccc(S(=O)(=O)Nc2cccc(-c3ccccc3)c2)cc1Cl. The van der Waals surface area contributed by atoms with Crippen molar-refractivity contribution in [3.8, 4) is 11.1 Å². The smallest absolute Gasteiger partial charge is 0.261 e. The van der Waals surface area contributed by atoms with E-state index in [1.807, 2.05) is 55.5 Å². The number of hydrogen-bond donors (Lipinski definition) is 1. The van der Waals surface area contributed by atoms with Gasteiger partial charge in [-0.2, -0.15) is 0 Å². The van der Waals surface area contributed by atoms with Gasteiger partial charge in [-0.3, -0.25) is 4.72 Å². The van der Waals surface area contributed by atoms with Crippen LogP contribution in [-0.2, 0) is 10.0 Å². The molecule has 0 amide bonds. The van der Waals surface area contributed by atoms with Gasteiger partial charge in [0.25, 0.3) is 10.0 Å². The van der Waals surface area contributed by atoms with Crippen LogP contribution in [-0.4, -0.2) is 8.42 Å². The van der Waals surface area contributed by atoms with Crippen molar-refractivity contribution in [1.82, 2.24) is 0 Å². The zero-order valence-corrected chi connectivity index (χ0v) is 14.6. The average molecular weight is 358 g/mol. The molecule has 0 radical (unpaired) electrons. The fraction of sp³-hybridized carbons (Fsp3) is 0.0526. The van der Waals surface area contributed by atoms with Gasteiger partial charge in [0.05, 0.1) is 4.90 Å². The first-order chi connectivity index (χ1) is 11.5. The molecule has 3 aromatic rings. The first-order valence-corrected chi connectivity index (χ1v) is 9.26. The molecule has 0 atom stereocenters. The van der Waals surface area contributed by atoms with Gasteiger partial charge in [-0.1, -0.05) is 60.1 Å². The van der Waals surface area contributed by atoms with Gasteiger partial charge in [-0.05, 0) is 47.9 Å². The molecule has 3 aromatic carbocycles. The highest BCUT2D eigenvalue weighted by Crippen LogP contribution is 2.25. The van der Waals surface area contributed by atoms with Crippen molar-refractivity contribution in [3.63, 3.8) is 0 Å². The standard InChI is InChI=1S/C19H16ClNO2S/c1-14-10-11-18(13-19(14)20)24(22,23)21-17-9-5-8-16(12-17)15-6-3-2-4-7-15/h2-13,21H,1H3. The summed E-state index contributed by atoms with van der Waals surface area (Å²) in [6, 6.07) is 21.8. The van der Waals surface area contributed by atoms with Gasteiger partial charge in [0.15, 0.2) is 0 Å². The summed E-state index contributed by atoms with van der Waals surface area (Å²) >= 11 is 6.04. The molecule has 122 valence electrons. The summed E-state index contributed by atoms with van der Waals surface area (Å²) in [4.78, 5) is 0.142. The van der Waals surface area contributed by atoms with Crippen molar-refractivity contribution < 1.29 is 8.42 Å². The van der Waals surface area contributed by atoms with E-state index < -0.39 is 10.0 Å². The highest BCUT2D eigenvalue weighted by molar-refractivity contribution is 7.92. The average Bonchev–Trinajstić information content (AvgIpc) is 2.58. The molecule has 0 aliphatic carbocycles. The Labute approximate surface area is 147 Å². The lowest BCUT2D eigenvalue weighted by Crippen LogP contribution is -2.13. The van der Waals surface area contributed by atoms with Crippen molar-refractivity contribution in [2.24, 2.45) is 0 Å². The maximum Gasteiger partial charge on any atom is 0.261 e. The number of sulfonamides is 1. The van der Waals surface area contributed by atoms with E-state index in [1.54, 1.807) is 18.2 Å². The second-order valence-corrected chi connectivity index (χ2v) is 7.55. The Kier molecular flexibility index (Phi) is 4.60. The monoisotopic (exact) mass is 357 g/mol. The molecule has 1 N–H and O–H groups in total. The van der Waals surface area contributed by atoms with Crippen molar-refractivity contribution in [3.05, 3.63) is 83.4 Å². The molecular formula is C19H16ClNO2S. The molecule has 0 heterocycles. The van der Waals surface area contributed by atoms with E-state index in [-0.39, 0.29) is 4.90 Å². The van der Waals surface area contributed by atoms with Crippen LogP contribution >= 0.6 is 11.6 Å². The molecule has 0 saturated carbocycles. The second kappa shape index (κ2) is 6.67. The number of anilines is 1. The van der Waals surface area contributed by atoms with Crippen molar-refractivity contribution >= 4 is 27.3 Å². The van der Waals surface area contributed by atoms with Crippen molar-refractivity contribution in [2.75, 3.05) is 4.72 Å². The van der Waals surface area contributed by atoms with Gasteiger partial charge >= 0.3 is 0 Å². The second-order valence-electron chi connectivity index (χ2n) is 5.46. The van der Waals surface area contributed by atoms with Crippen LogP contribution in [0.3, 0.4) is 0 Å². The Balaban J connectivity index is 1.92. The maximum atomic E-state index is 12.5. The third-order valence-corrected chi connectivity index (χ3v) is 5.46. The van der Waals surface area contributed by atoms with Crippen molar-refractivity contribution in [2.45, 2.75) is 11.8 Å². The van der Waals surface area contributed by atoms with Crippen LogP contribution in [0, 0.1) is 6.92 Å². The predicted molar refractivity (Wildman–Crippen MR) is 98.9 cm³/mol. The van der Waals surface area contributed by atoms with E-state index in [0.29, 0.717) is 10.7 Å². The van der Waals surface area contributed by atoms with Crippen LogP contribution in [0.5, 0.6) is 0 Å². The van der Waals surface area contributed by atoms with Gasteiger partial charge in [0, 0.05) is 10.7 Å². The fourth-order valence-corrected chi connectivity index (χ4v) is 3.67. The Morgan fingerprint density at radius 1 is 0.833 bits per heavy atom. The van der Waals surface area contributed by atoms with E-state index in [2.05, 4.69) is 4.72 Å². The van der Waals surface area contributed by atoms with Crippen LogP contribution < -0.4 is 4.72 Å². The molecule has 5 heteroatoms. The highest BCUT2D eigenvalue weighted by Gasteiger charge is 2.15. The van der Waals surface area contributed by atoms with Crippen molar-refractivity contribution in [1.29, 1.82) is 0 Å². The molecule has 3 nitrogen and oxygen atoms in total. The number of rotatable bonds is 4. The summed E-state index contributed by atoms with van der Waals surface area (Å²) in [7, 11) is -3.69. The summed E-state index contributed by atoms with van der Waals surface area (Å²) in [6.45, 7) is 1.83. The number of benzene rings is 3. The van der Waals surface area contributed by atoms with E-state index in [4.69, 9.17) is 11.6 Å². The topological polar surface area (TPSA) is 46.2 Å². The first kappa shape index (κ1) is 16.6. The zero-order chi connectivity index (χ0) is 17.2. The molecule has 0 saturated heterocycles. The van der Waals surface area contributed by atoms with E-state index in [9.17, 15) is 8.42 Å². The van der Waals surface area contributed by atoms with Crippen LogP contribution in [0.2, 0.25) is 5.02 Å². The number of nitrogens with one attached hydrogen (secondary N) is 1. The molecule has 0 spiro atoms. The third-order valence-electron chi connectivity index (χ3n) is 3.68. The molecule has 24 heavy (non-hydrogen) atoms. The summed E-state index contributed by atoms with van der Waals surface area (Å²) < 4.78 is 27.7. The molecule has 0 aliphatic heterocycles. The summed E-state index contributed by atoms with van der Waals surface area (Å²) in [5, 5.41) is 0.427. The minimum atomic E-state index is -3.69. The maximum absolute atomic E-state index is 12.5. The number of hydrogen-bond acceptors (Lipinski definition) is 2. The highest BCUT2D eigenvalue weighted by atomic mass is 35.5. The Morgan fingerprint density at radius 2 is 1.54 bits per heavy atom. The molecule has 0 aromatic heterocycles. The van der Waals surface area contributed by atoms with Crippen LogP contribution in [0.1, 0.15) is 5.56 Å². The molecule has 0 bridgehead atoms. The molecule has 0 aliphatic rings. The lowest BCUT2D eigenvalue weighted by Gasteiger charge is -2.10. The van der Waals surface area contributed by atoms with Gasteiger partial charge in [0.1, 0.15) is 0 Å². The molecule has 0 unspecified atom stereocenters. The molecule has 3 rings (SSSR count). The number of aryl methyl sites for hydroxylation is 1. The predicted octanol–water partition coefficient (Wildman–Crippen LogP) is 5.12.